The molecule has 2 atom stereocenters. The molecular formula is C27H29N9O4S2. The molecule has 6 N–H and O–H groups in total. The molecule has 1 saturated carbocycles. The number of nitrogens with zero attached hydrogens (tertiary/aromatic N) is 5. The monoisotopic (exact) mass is 607 g/mol. The predicted octanol–water partition coefficient (Wildman–Crippen LogP) is 3.38. The molecule has 6 heterocycles. The molecule has 42 heavy (non-hydrogen) atoms. The van der Waals surface area contributed by atoms with E-state index in [0.717, 1.165) is 36.1 Å². The van der Waals surface area contributed by atoms with E-state index in [2.05, 4.69) is 20.8 Å². The van der Waals surface area contributed by atoms with Crippen molar-refractivity contribution in [1.29, 1.82) is 0 Å². The fraction of sp³-hybridized carbons (Fsp3) is 0.370. The van der Waals surface area contributed by atoms with E-state index in [1.165, 1.54) is 29.0 Å². The van der Waals surface area contributed by atoms with Gasteiger partial charge in [-0.25, -0.2) is 0 Å². The average molecular weight is 608 g/mol. The molecule has 0 radical (unpaired) electrons. The molecule has 0 aromatic carbocycles. The first-order chi connectivity index (χ1) is 20.5. The van der Waals surface area contributed by atoms with Crippen molar-refractivity contribution in [3.8, 4) is 10.4 Å². The Morgan fingerprint density at radius 3 is 2.76 bits per heavy atom. The molecule has 13 nitrogen and oxygen atoms in total. The standard InChI is InChI=1S/C27H29N9O4S2/c28-16-3-1-2-4-17(16)32-27-33-25(21(24(29)38)26-34-30-13-36(26)27)31-14-9-19(41-11-14)15-12-42-23-18(37)10-20(40-22(15)23)35-5-7-39-8-6-35/h9-13,16-17,31H,1-8,28H2,(H2,29,38)(H,32,33)/t16-,17+/m1/s1. The fourth-order valence-corrected chi connectivity index (χ4v) is 7.36. The Morgan fingerprint density at radius 2 is 1.95 bits per heavy atom. The van der Waals surface area contributed by atoms with Gasteiger partial charge in [0.2, 0.25) is 11.4 Å². The zero-order valence-electron chi connectivity index (χ0n) is 22.5. The van der Waals surface area contributed by atoms with Gasteiger partial charge in [-0.3, -0.25) is 14.0 Å². The molecule has 1 aliphatic heterocycles. The van der Waals surface area contributed by atoms with Crippen LogP contribution in [0.1, 0.15) is 36.0 Å². The molecule has 2 aliphatic rings. The van der Waals surface area contributed by atoms with E-state index in [1.54, 1.807) is 10.5 Å². The molecule has 1 amide bonds. The third-order valence-electron chi connectivity index (χ3n) is 7.72. The number of ether oxygens (including phenoxy) is 1. The maximum Gasteiger partial charge on any atom is 0.256 e. The van der Waals surface area contributed by atoms with Gasteiger partial charge in [0.25, 0.3) is 5.91 Å². The number of hydrogen-bond acceptors (Lipinski definition) is 13. The van der Waals surface area contributed by atoms with E-state index < -0.39 is 5.91 Å². The molecule has 1 aliphatic carbocycles. The molecule has 5 aromatic heterocycles. The largest absolute Gasteiger partial charge is 0.439 e. The summed E-state index contributed by atoms with van der Waals surface area (Å²) in [7, 11) is 0. The van der Waals surface area contributed by atoms with Crippen LogP contribution in [0.2, 0.25) is 0 Å². The van der Waals surface area contributed by atoms with Crippen molar-refractivity contribution < 1.29 is 13.9 Å². The van der Waals surface area contributed by atoms with Gasteiger partial charge < -0.3 is 36.2 Å². The SMILES string of the molecule is NC(=O)c1c(Nc2csc(-c3csc4c(=O)cc(N5CCOCC5)oc34)c2)nc(N[C@H]2CCCC[C@H]2N)n2cnnc12. The van der Waals surface area contributed by atoms with Crippen molar-refractivity contribution in [1.82, 2.24) is 19.6 Å². The van der Waals surface area contributed by atoms with Crippen molar-refractivity contribution in [2.24, 2.45) is 11.5 Å². The van der Waals surface area contributed by atoms with Crippen LogP contribution in [0.15, 0.2) is 38.4 Å². The van der Waals surface area contributed by atoms with Crippen LogP contribution in [0, 0.1) is 0 Å². The predicted molar refractivity (Wildman–Crippen MR) is 163 cm³/mol. The minimum Gasteiger partial charge on any atom is -0.439 e. The molecule has 5 aromatic rings. The summed E-state index contributed by atoms with van der Waals surface area (Å²) < 4.78 is 13.9. The average Bonchev–Trinajstić information content (AvgIpc) is 3.75. The Balaban J connectivity index is 1.23. The maximum atomic E-state index is 12.9. The van der Waals surface area contributed by atoms with Gasteiger partial charge in [0.15, 0.2) is 22.9 Å². The number of anilines is 4. The second kappa shape index (κ2) is 11.0. The zero-order valence-corrected chi connectivity index (χ0v) is 24.2. The minimum atomic E-state index is -0.680. The Morgan fingerprint density at radius 1 is 1.12 bits per heavy atom. The van der Waals surface area contributed by atoms with Crippen molar-refractivity contribution >= 4 is 67.8 Å². The highest BCUT2D eigenvalue weighted by Crippen LogP contribution is 2.39. The number of primary amides is 1. The van der Waals surface area contributed by atoms with E-state index in [-0.39, 0.29) is 28.9 Å². The number of fused-ring (bicyclic) bond motifs is 2. The molecule has 218 valence electrons. The van der Waals surface area contributed by atoms with Crippen LogP contribution in [-0.4, -0.2) is 63.9 Å². The summed E-state index contributed by atoms with van der Waals surface area (Å²) in [4.78, 5) is 33.2. The number of thiophene rings is 2. The first kappa shape index (κ1) is 26.8. The van der Waals surface area contributed by atoms with Gasteiger partial charge in [-0.2, -0.15) is 4.98 Å². The molecule has 7 rings (SSSR count). The highest BCUT2D eigenvalue weighted by molar-refractivity contribution is 7.19. The summed E-state index contributed by atoms with van der Waals surface area (Å²) in [5, 5.41) is 18.7. The Labute approximate surface area is 247 Å². The van der Waals surface area contributed by atoms with Crippen molar-refractivity contribution in [2.45, 2.75) is 37.8 Å². The highest BCUT2D eigenvalue weighted by Gasteiger charge is 2.26. The second-order valence-electron chi connectivity index (χ2n) is 10.4. The first-order valence-corrected chi connectivity index (χ1v) is 15.5. The Kier molecular flexibility index (Phi) is 7.01. The topological polar surface area (TPSA) is 179 Å². The second-order valence-corrected chi connectivity index (χ2v) is 12.2. The van der Waals surface area contributed by atoms with Gasteiger partial charge in [-0.05, 0) is 18.9 Å². The molecule has 1 saturated heterocycles. The van der Waals surface area contributed by atoms with Gasteiger partial charge in [-0.15, -0.1) is 32.9 Å². The number of amides is 1. The number of nitrogens with one attached hydrogen (secondary N) is 2. The summed E-state index contributed by atoms with van der Waals surface area (Å²) >= 11 is 2.84. The lowest BCUT2D eigenvalue weighted by atomic mass is 9.91. The molecule has 0 spiro atoms. The lowest BCUT2D eigenvalue weighted by molar-refractivity contribution is 0.100. The van der Waals surface area contributed by atoms with Crippen LogP contribution >= 0.6 is 22.7 Å². The van der Waals surface area contributed by atoms with Gasteiger partial charge in [-0.1, -0.05) is 12.8 Å². The lowest BCUT2D eigenvalue weighted by Crippen LogP contribution is -2.43. The molecular weight excluding hydrogens is 578 g/mol. The number of aromatic nitrogens is 4. The Hall–Kier alpha value is -4.05. The normalized spacial score (nSPS) is 19.4. The van der Waals surface area contributed by atoms with Crippen LogP contribution in [0.4, 0.5) is 23.3 Å². The van der Waals surface area contributed by atoms with Gasteiger partial charge in [0.05, 0.1) is 18.9 Å². The summed E-state index contributed by atoms with van der Waals surface area (Å²) in [6, 6.07) is 3.50. The maximum absolute atomic E-state index is 12.9. The quantitative estimate of drug-likeness (QED) is 0.213. The summed E-state index contributed by atoms with van der Waals surface area (Å²) in [5.41, 5.74) is 14.6. The number of carbonyl (C=O) groups is 1. The molecule has 0 bridgehead atoms. The Bertz CT molecular complexity index is 1840. The van der Waals surface area contributed by atoms with Crippen LogP contribution < -0.4 is 32.4 Å². The van der Waals surface area contributed by atoms with E-state index in [4.69, 9.17) is 25.6 Å². The van der Waals surface area contributed by atoms with Gasteiger partial charge >= 0.3 is 0 Å². The van der Waals surface area contributed by atoms with E-state index in [9.17, 15) is 9.59 Å². The van der Waals surface area contributed by atoms with Crippen molar-refractivity contribution in [3.63, 3.8) is 0 Å². The van der Waals surface area contributed by atoms with Gasteiger partial charge in [0.1, 0.15) is 16.6 Å². The summed E-state index contributed by atoms with van der Waals surface area (Å²) in [5.74, 6) is 0.595. The van der Waals surface area contributed by atoms with Gasteiger partial charge in [0, 0.05) is 52.4 Å². The summed E-state index contributed by atoms with van der Waals surface area (Å²) in [6.45, 7) is 2.50. The molecule has 15 heteroatoms. The third kappa shape index (κ3) is 4.87. The highest BCUT2D eigenvalue weighted by atomic mass is 32.1. The minimum absolute atomic E-state index is 0.0111. The first-order valence-electron chi connectivity index (χ1n) is 13.8. The summed E-state index contributed by atoms with van der Waals surface area (Å²) in [6.07, 6.45) is 5.51. The fourth-order valence-electron chi connectivity index (χ4n) is 5.53. The number of carbonyl (C=O) groups excluding carboxylic acids is 1. The van der Waals surface area contributed by atoms with Crippen molar-refractivity contribution in [3.05, 3.63) is 45.0 Å². The third-order valence-corrected chi connectivity index (χ3v) is 9.65. The van der Waals surface area contributed by atoms with Crippen LogP contribution in [0.3, 0.4) is 0 Å². The lowest BCUT2D eigenvalue weighted by Gasteiger charge is -2.30. The van der Waals surface area contributed by atoms with Crippen molar-refractivity contribution in [2.75, 3.05) is 41.8 Å². The van der Waals surface area contributed by atoms with E-state index in [0.29, 0.717) is 59.8 Å². The van der Waals surface area contributed by atoms with Crippen LogP contribution in [-0.2, 0) is 4.74 Å². The van der Waals surface area contributed by atoms with Crippen LogP contribution in [0.25, 0.3) is 26.4 Å². The van der Waals surface area contributed by atoms with E-state index in [1.807, 2.05) is 21.7 Å². The molecule has 2 fully saturated rings. The number of morpholine rings is 1. The van der Waals surface area contributed by atoms with Crippen LogP contribution in [0.5, 0.6) is 0 Å². The molecule has 0 unspecified atom stereocenters. The zero-order chi connectivity index (χ0) is 28.8. The number of rotatable bonds is 7. The number of hydrogen-bond donors (Lipinski definition) is 4. The van der Waals surface area contributed by atoms with E-state index >= 15 is 0 Å². The smallest absolute Gasteiger partial charge is 0.256 e. The number of nitrogens with two attached hydrogens (primary N) is 2.